The van der Waals surface area contributed by atoms with Gasteiger partial charge in [0.15, 0.2) is 0 Å². The number of unbranched alkanes of at least 4 members (excludes halogenated alkanes) is 2. The van der Waals surface area contributed by atoms with Crippen LogP contribution < -0.4 is 0 Å². The first-order chi connectivity index (χ1) is 13.2. The van der Waals surface area contributed by atoms with Gasteiger partial charge in [-0.2, -0.15) is 0 Å². The third-order valence-corrected chi connectivity index (χ3v) is 3.95. The molecule has 0 saturated heterocycles. The number of hydrogen-bond donors (Lipinski definition) is 0. The molecule has 0 aromatic carbocycles. The number of halogens is 1. The van der Waals surface area contributed by atoms with Crippen LogP contribution in [0.5, 0.6) is 0 Å². The van der Waals surface area contributed by atoms with Crippen LogP contribution in [0.1, 0.15) is 45.4 Å². The van der Waals surface area contributed by atoms with Gasteiger partial charge in [-0.3, -0.25) is 4.90 Å². The van der Waals surface area contributed by atoms with Crippen LogP contribution in [-0.2, 0) is 9.53 Å². The molecule has 0 unspecified atom stereocenters. The van der Waals surface area contributed by atoms with Crippen molar-refractivity contribution in [1.82, 2.24) is 4.90 Å². The van der Waals surface area contributed by atoms with Crippen molar-refractivity contribution in [3.8, 4) is 11.8 Å². The smallest absolute Gasteiger partial charge is 0.334 e. The Labute approximate surface area is 170 Å². The molecule has 0 spiro atoms. The molecule has 0 aromatic heterocycles. The predicted octanol–water partition coefficient (Wildman–Crippen LogP) is 5.29. The van der Waals surface area contributed by atoms with Gasteiger partial charge in [0.05, 0.1) is 6.61 Å². The lowest BCUT2D eigenvalue weighted by molar-refractivity contribution is -0.138. The molecule has 150 valence electrons. The molecular formula is C23H34ClNO2. The summed E-state index contributed by atoms with van der Waals surface area (Å²) in [4.78, 5) is 14.3. The number of nitrogens with zero attached hydrogens (tertiary/aromatic N) is 1. The van der Waals surface area contributed by atoms with E-state index in [2.05, 4.69) is 36.0 Å². The van der Waals surface area contributed by atoms with E-state index in [1.54, 1.807) is 0 Å². The molecule has 0 aliphatic heterocycles. The number of allylic oxidation sites excluding steroid dienone is 2. The second-order valence-corrected chi connectivity index (χ2v) is 6.34. The quantitative estimate of drug-likeness (QED) is 0.0722. The molecule has 0 aliphatic carbocycles. The topological polar surface area (TPSA) is 29.5 Å². The molecule has 0 fully saturated rings. The minimum Gasteiger partial charge on any atom is -0.463 e. The fourth-order valence-electron chi connectivity index (χ4n) is 2.32. The zero-order valence-corrected chi connectivity index (χ0v) is 17.5. The van der Waals surface area contributed by atoms with Crippen LogP contribution in [0, 0.1) is 11.8 Å². The first-order valence-corrected chi connectivity index (χ1v) is 10.2. The van der Waals surface area contributed by atoms with Gasteiger partial charge in [-0.25, -0.2) is 4.79 Å². The number of hydrogen-bond acceptors (Lipinski definition) is 3. The second kappa shape index (κ2) is 19.0. The predicted molar refractivity (Wildman–Crippen MR) is 117 cm³/mol. The van der Waals surface area contributed by atoms with Crippen molar-refractivity contribution in [2.45, 2.75) is 45.4 Å². The summed E-state index contributed by atoms with van der Waals surface area (Å²) in [6, 6.07) is 0. The number of alkyl halides is 1. The summed E-state index contributed by atoms with van der Waals surface area (Å²) in [6.07, 6.45) is 14.7. The van der Waals surface area contributed by atoms with Crippen molar-refractivity contribution in [3.05, 3.63) is 49.1 Å². The average Bonchev–Trinajstić information content (AvgIpc) is 2.65. The van der Waals surface area contributed by atoms with Gasteiger partial charge in [0.1, 0.15) is 0 Å². The van der Waals surface area contributed by atoms with Gasteiger partial charge in [-0.15, -0.1) is 36.6 Å². The van der Waals surface area contributed by atoms with Gasteiger partial charge in [0.25, 0.3) is 0 Å². The molecule has 3 nitrogen and oxygen atoms in total. The van der Waals surface area contributed by atoms with E-state index < -0.39 is 0 Å². The van der Waals surface area contributed by atoms with Crippen molar-refractivity contribution in [3.63, 3.8) is 0 Å². The van der Waals surface area contributed by atoms with E-state index in [0.29, 0.717) is 30.9 Å². The van der Waals surface area contributed by atoms with E-state index in [1.807, 2.05) is 31.2 Å². The van der Waals surface area contributed by atoms with Crippen molar-refractivity contribution in [1.29, 1.82) is 0 Å². The Bertz CT molecular complexity index is 530. The van der Waals surface area contributed by atoms with Gasteiger partial charge in [-0.1, -0.05) is 30.4 Å². The Hall–Kier alpha value is -1.76. The summed E-state index contributed by atoms with van der Waals surface area (Å²) in [5.74, 6) is 6.68. The summed E-state index contributed by atoms with van der Waals surface area (Å²) in [7, 11) is 0. The van der Waals surface area contributed by atoms with E-state index in [9.17, 15) is 4.79 Å². The number of ether oxygens (including phenoxy) is 1. The highest BCUT2D eigenvalue weighted by atomic mass is 35.5. The van der Waals surface area contributed by atoms with Gasteiger partial charge in [0.2, 0.25) is 0 Å². The Kier molecular flexibility index (Phi) is 17.8. The fraction of sp³-hybridized carbons (Fsp3) is 0.522. The molecule has 0 saturated carbocycles. The maximum absolute atomic E-state index is 12.1. The third-order valence-electron chi connectivity index (χ3n) is 3.69. The van der Waals surface area contributed by atoms with Crippen molar-refractivity contribution in [2.75, 3.05) is 32.1 Å². The summed E-state index contributed by atoms with van der Waals surface area (Å²) >= 11 is 5.64. The molecule has 4 heteroatoms. The summed E-state index contributed by atoms with van der Waals surface area (Å²) in [5.41, 5.74) is 0.664. The van der Waals surface area contributed by atoms with E-state index in [4.69, 9.17) is 16.3 Å². The molecule has 0 radical (unpaired) electrons. The molecule has 27 heavy (non-hydrogen) atoms. The lowest BCUT2D eigenvalue weighted by atomic mass is 10.1. The maximum Gasteiger partial charge on any atom is 0.334 e. The Morgan fingerprint density at radius 1 is 1.15 bits per heavy atom. The molecule has 0 aromatic rings. The third kappa shape index (κ3) is 15.0. The molecule has 0 N–H and O–H groups in total. The lowest BCUT2D eigenvalue weighted by Gasteiger charge is -2.17. The van der Waals surface area contributed by atoms with Gasteiger partial charge >= 0.3 is 5.97 Å². The second-order valence-electron chi connectivity index (χ2n) is 5.97. The molecule has 0 atom stereocenters. The first-order valence-electron chi connectivity index (χ1n) is 9.68. The van der Waals surface area contributed by atoms with Gasteiger partial charge in [-0.05, 0) is 32.6 Å². The van der Waals surface area contributed by atoms with Crippen LogP contribution in [0.25, 0.3) is 0 Å². The van der Waals surface area contributed by atoms with Crippen LogP contribution in [0.2, 0.25) is 0 Å². The van der Waals surface area contributed by atoms with E-state index in [-0.39, 0.29) is 5.97 Å². The minimum atomic E-state index is -0.258. The molecule has 0 bridgehead atoms. The SMILES string of the molecule is C=CCN(CC=C)CC/C=C/C=C(/CCC#CCCCCCl)C(=O)OCC. The van der Waals surface area contributed by atoms with Crippen LogP contribution in [-0.4, -0.2) is 43.0 Å². The monoisotopic (exact) mass is 391 g/mol. The Morgan fingerprint density at radius 2 is 1.85 bits per heavy atom. The molecule has 0 rings (SSSR count). The molecule has 0 amide bonds. The lowest BCUT2D eigenvalue weighted by Crippen LogP contribution is -2.24. The minimum absolute atomic E-state index is 0.258. The molecule has 0 aliphatic rings. The number of carbonyl (C=O) groups excluding carboxylic acids is 1. The van der Waals surface area contributed by atoms with Crippen molar-refractivity contribution >= 4 is 17.6 Å². The zero-order valence-electron chi connectivity index (χ0n) is 16.7. The highest BCUT2D eigenvalue weighted by molar-refractivity contribution is 6.17. The van der Waals surface area contributed by atoms with Crippen LogP contribution in [0.4, 0.5) is 0 Å². The van der Waals surface area contributed by atoms with Gasteiger partial charge < -0.3 is 4.74 Å². The summed E-state index contributed by atoms with van der Waals surface area (Å²) in [5, 5.41) is 0. The Balaban J connectivity index is 4.53. The van der Waals surface area contributed by atoms with Crippen molar-refractivity contribution in [2.24, 2.45) is 0 Å². The zero-order chi connectivity index (χ0) is 20.2. The first kappa shape index (κ1) is 25.2. The van der Waals surface area contributed by atoms with Crippen molar-refractivity contribution < 1.29 is 9.53 Å². The number of esters is 1. The van der Waals surface area contributed by atoms with Crippen LogP contribution >= 0.6 is 11.6 Å². The standard InChI is InChI=1S/C23H34ClNO2/c1-4-19-25(20-5-2)21-15-11-13-17-22(23(26)27-6-3)16-12-9-7-8-10-14-18-24/h4-5,11,13,17H,1-2,6,8,10,12,14-16,18-21H2,3H3/b13-11+,22-17-. The van der Waals surface area contributed by atoms with Gasteiger partial charge in [0, 0.05) is 43.9 Å². The van der Waals surface area contributed by atoms with Crippen LogP contribution in [0.3, 0.4) is 0 Å². The summed E-state index contributed by atoms with van der Waals surface area (Å²) in [6.45, 7) is 12.3. The molecule has 0 heterocycles. The highest BCUT2D eigenvalue weighted by Gasteiger charge is 2.08. The van der Waals surface area contributed by atoms with E-state index in [0.717, 1.165) is 45.3 Å². The average molecular weight is 392 g/mol. The number of carbonyl (C=O) groups is 1. The molecular weight excluding hydrogens is 358 g/mol. The number of rotatable bonds is 15. The Morgan fingerprint density at radius 3 is 2.48 bits per heavy atom. The largest absolute Gasteiger partial charge is 0.463 e. The maximum atomic E-state index is 12.1. The normalized spacial score (nSPS) is 11.3. The fourth-order valence-corrected chi connectivity index (χ4v) is 2.51. The van der Waals surface area contributed by atoms with E-state index in [1.165, 1.54) is 0 Å². The van der Waals surface area contributed by atoms with E-state index >= 15 is 0 Å². The van der Waals surface area contributed by atoms with Crippen LogP contribution in [0.15, 0.2) is 49.1 Å². The highest BCUT2D eigenvalue weighted by Crippen LogP contribution is 2.08. The summed E-state index contributed by atoms with van der Waals surface area (Å²) < 4.78 is 5.14.